The minimum Gasteiger partial charge on any atom is -0.373 e. The molecule has 0 saturated carbocycles. The molecule has 0 aliphatic rings. The van der Waals surface area contributed by atoms with Gasteiger partial charge in [0.15, 0.2) is 5.82 Å². The molecule has 0 aromatic carbocycles. The van der Waals surface area contributed by atoms with Crippen LogP contribution in [0.1, 0.15) is 49.1 Å². The van der Waals surface area contributed by atoms with Gasteiger partial charge in [-0.3, -0.25) is 0 Å². The lowest BCUT2D eigenvalue weighted by atomic mass is 10.1. The minimum absolute atomic E-state index is 0.000541. The predicted octanol–water partition coefficient (Wildman–Crippen LogP) is 2.30. The lowest BCUT2D eigenvalue weighted by Crippen LogP contribution is -2.17. The van der Waals surface area contributed by atoms with E-state index in [1.54, 1.807) is 7.11 Å². The van der Waals surface area contributed by atoms with E-state index in [0.29, 0.717) is 0 Å². The molecular formula is C13H23N3O. The molecule has 4 heteroatoms. The number of hydrogen-bond acceptors (Lipinski definition) is 4. The highest BCUT2D eigenvalue weighted by atomic mass is 16.5. The Morgan fingerprint density at radius 3 is 2.18 bits per heavy atom. The highest BCUT2D eigenvalue weighted by Gasteiger charge is 2.15. The molecular weight excluding hydrogens is 214 g/mol. The lowest BCUT2D eigenvalue weighted by Gasteiger charge is -2.15. The minimum atomic E-state index is 0.000541. The lowest BCUT2D eigenvalue weighted by molar-refractivity contribution is 0.0922. The molecule has 0 radical (unpaired) electrons. The van der Waals surface area contributed by atoms with E-state index in [9.17, 15) is 0 Å². The number of nitrogens with one attached hydrogen (secondary N) is 1. The molecule has 0 spiro atoms. The summed E-state index contributed by atoms with van der Waals surface area (Å²) >= 11 is 0. The van der Waals surface area contributed by atoms with Crippen LogP contribution in [0, 0.1) is 13.8 Å². The number of aromatic nitrogens is 2. The maximum Gasteiger partial charge on any atom is 0.157 e. The molecule has 1 aromatic heterocycles. The van der Waals surface area contributed by atoms with Crippen LogP contribution in [0.25, 0.3) is 0 Å². The summed E-state index contributed by atoms with van der Waals surface area (Å²) in [4.78, 5) is 9.11. The van der Waals surface area contributed by atoms with Crippen molar-refractivity contribution in [1.29, 1.82) is 0 Å². The van der Waals surface area contributed by atoms with E-state index < -0.39 is 0 Å². The Morgan fingerprint density at radius 1 is 1.18 bits per heavy atom. The Bertz CT molecular complexity index is 339. The quantitative estimate of drug-likeness (QED) is 0.824. The summed E-state index contributed by atoms with van der Waals surface area (Å²) in [6.45, 7) is 10.0. The van der Waals surface area contributed by atoms with E-state index in [1.807, 2.05) is 13.8 Å². The van der Waals surface area contributed by atoms with Gasteiger partial charge in [0.25, 0.3) is 0 Å². The normalized spacial score (nSPS) is 12.8. The zero-order valence-corrected chi connectivity index (χ0v) is 11.5. The molecule has 4 nitrogen and oxygen atoms in total. The molecule has 0 amide bonds. The molecule has 17 heavy (non-hydrogen) atoms. The van der Waals surface area contributed by atoms with E-state index in [1.165, 1.54) is 5.56 Å². The first-order valence-corrected chi connectivity index (χ1v) is 6.21. The van der Waals surface area contributed by atoms with Gasteiger partial charge in [-0.05, 0) is 26.8 Å². The highest BCUT2D eigenvalue weighted by molar-refractivity contribution is 5.24. The van der Waals surface area contributed by atoms with E-state index in [-0.39, 0.29) is 6.10 Å². The molecule has 0 aliphatic carbocycles. The second-order valence-electron chi connectivity index (χ2n) is 4.14. The largest absolute Gasteiger partial charge is 0.373 e. The predicted molar refractivity (Wildman–Crippen MR) is 68.9 cm³/mol. The average molecular weight is 237 g/mol. The smallest absolute Gasteiger partial charge is 0.157 e. The Balaban J connectivity index is 2.99. The van der Waals surface area contributed by atoms with Crippen molar-refractivity contribution in [3.05, 3.63) is 22.8 Å². The van der Waals surface area contributed by atoms with E-state index in [0.717, 1.165) is 36.7 Å². The van der Waals surface area contributed by atoms with Crippen molar-refractivity contribution >= 4 is 0 Å². The van der Waals surface area contributed by atoms with E-state index in [2.05, 4.69) is 29.1 Å². The third-order valence-corrected chi connectivity index (χ3v) is 2.93. The second-order valence-corrected chi connectivity index (χ2v) is 4.14. The highest BCUT2D eigenvalue weighted by Crippen LogP contribution is 2.19. The van der Waals surface area contributed by atoms with E-state index in [4.69, 9.17) is 4.74 Å². The van der Waals surface area contributed by atoms with Crippen LogP contribution >= 0.6 is 0 Å². The van der Waals surface area contributed by atoms with Gasteiger partial charge in [-0.25, -0.2) is 9.97 Å². The Morgan fingerprint density at radius 2 is 1.76 bits per heavy atom. The van der Waals surface area contributed by atoms with Crippen molar-refractivity contribution in [3.8, 4) is 0 Å². The monoisotopic (exact) mass is 237 g/mol. The van der Waals surface area contributed by atoms with Gasteiger partial charge in [0.1, 0.15) is 6.10 Å². The van der Waals surface area contributed by atoms with Crippen molar-refractivity contribution in [2.45, 2.75) is 46.8 Å². The van der Waals surface area contributed by atoms with Gasteiger partial charge in [-0.1, -0.05) is 13.8 Å². The first kappa shape index (κ1) is 14.1. The maximum atomic E-state index is 5.38. The molecule has 1 rings (SSSR count). The van der Waals surface area contributed by atoms with Crippen LogP contribution < -0.4 is 5.32 Å². The van der Waals surface area contributed by atoms with Gasteiger partial charge < -0.3 is 10.1 Å². The summed E-state index contributed by atoms with van der Waals surface area (Å²) in [5, 5.41) is 3.31. The summed E-state index contributed by atoms with van der Waals surface area (Å²) in [6.07, 6.45) is 0.891. The standard InChI is InChI=1S/C13H23N3O/c1-6-12(17-5)13-15-9(3)11(8-14-7-2)10(4)16-13/h12,14H,6-8H2,1-5H3. The van der Waals surface area contributed by atoms with Gasteiger partial charge in [-0.15, -0.1) is 0 Å². The Hall–Kier alpha value is -1.00. The molecule has 96 valence electrons. The van der Waals surface area contributed by atoms with Crippen LogP contribution in [0.5, 0.6) is 0 Å². The van der Waals surface area contributed by atoms with Crippen LogP contribution in [0.2, 0.25) is 0 Å². The fourth-order valence-electron chi connectivity index (χ4n) is 1.87. The van der Waals surface area contributed by atoms with Crippen molar-refractivity contribution < 1.29 is 4.74 Å². The Labute approximate surface area is 104 Å². The van der Waals surface area contributed by atoms with Crippen molar-refractivity contribution in [3.63, 3.8) is 0 Å². The number of hydrogen-bond donors (Lipinski definition) is 1. The molecule has 1 N–H and O–H groups in total. The van der Waals surface area contributed by atoms with Crippen molar-refractivity contribution in [2.24, 2.45) is 0 Å². The van der Waals surface area contributed by atoms with Crippen LogP contribution in [0.3, 0.4) is 0 Å². The molecule has 0 fully saturated rings. The van der Waals surface area contributed by atoms with Crippen LogP contribution in [-0.2, 0) is 11.3 Å². The third kappa shape index (κ3) is 3.48. The van der Waals surface area contributed by atoms with Gasteiger partial charge >= 0.3 is 0 Å². The molecule has 0 saturated heterocycles. The summed E-state index contributed by atoms with van der Waals surface area (Å²) in [5.74, 6) is 0.797. The summed E-state index contributed by atoms with van der Waals surface area (Å²) < 4.78 is 5.38. The third-order valence-electron chi connectivity index (χ3n) is 2.93. The van der Waals surface area contributed by atoms with Gasteiger partial charge in [-0.2, -0.15) is 0 Å². The molecule has 0 bridgehead atoms. The number of aryl methyl sites for hydroxylation is 2. The van der Waals surface area contributed by atoms with Crippen molar-refractivity contribution in [1.82, 2.24) is 15.3 Å². The topological polar surface area (TPSA) is 47.0 Å². The fourth-order valence-corrected chi connectivity index (χ4v) is 1.87. The number of ether oxygens (including phenoxy) is 1. The first-order valence-electron chi connectivity index (χ1n) is 6.21. The van der Waals surface area contributed by atoms with Gasteiger partial charge in [0.05, 0.1) is 0 Å². The summed E-state index contributed by atoms with van der Waals surface area (Å²) in [5.41, 5.74) is 3.29. The number of methoxy groups -OCH3 is 1. The molecule has 1 atom stereocenters. The number of nitrogens with zero attached hydrogens (tertiary/aromatic N) is 2. The molecule has 0 aliphatic heterocycles. The number of rotatable bonds is 6. The maximum absolute atomic E-state index is 5.38. The van der Waals surface area contributed by atoms with Gasteiger partial charge in [0.2, 0.25) is 0 Å². The molecule has 1 unspecified atom stereocenters. The van der Waals surface area contributed by atoms with Crippen LogP contribution in [-0.4, -0.2) is 23.6 Å². The van der Waals surface area contributed by atoms with Crippen LogP contribution in [0.15, 0.2) is 0 Å². The Kier molecular flexibility index (Phi) is 5.51. The molecule has 1 heterocycles. The summed E-state index contributed by atoms with van der Waals surface area (Å²) in [7, 11) is 1.70. The fraction of sp³-hybridized carbons (Fsp3) is 0.692. The van der Waals surface area contributed by atoms with Gasteiger partial charge in [0, 0.05) is 30.6 Å². The van der Waals surface area contributed by atoms with E-state index >= 15 is 0 Å². The summed E-state index contributed by atoms with van der Waals surface area (Å²) in [6, 6.07) is 0. The molecule has 1 aromatic rings. The zero-order chi connectivity index (χ0) is 12.8. The SMILES string of the molecule is CCNCc1c(C)nc(C(CC)OC)nc1C. The second kappa shape index (κ2) is 6.67. The van der Waals surface area contributed by atoms with Crippen molar-refractivity contribution in [2.75, 3.05) is 13.7 Å². The zero-order valence-electron chi connectivity index (χ0n) is 11.5. The first-order chi connectivity index (χ1) is 8.13. The van der Waals surface area contributed by atoms with Crippen LogP contribution in [0.4, 0.5) is 0 Å². The average Bonchev–Trinajstić information content (AvgIpc) is 2.30.